The number of oxazole rings is 1. The minimum absolute atomic E-state index is 0.604. The van der Waals surface area contributed by atoms with Crippen LogP contribution in [0.15, 0.2) is 241 Å². The monoisotopic (exact) mass is 805 g/mol. The van der Waals surface area contributed by atoms with Gasteiger partial charge in [-0.15, -0.1) is 0 Å². The lowest BCUT2D eigenvalue weighted by Crippen LogP contribution is -2.11. The number of benzene rings is 10. The van der Waals surface area contributed by atoms with Crippen molar-refractivity contribution in [3.8, 4) is 50.5 Å². The second-order valence-electron chi connectivity index (χ2n) is 15.9. The Morgan fingerprint density at radius 2 is 1.00 bits per heavy atom. The third-order valence-corrected chi connectivity index (χ3v) is 12.2. The van der Waals surface area contributed by atoms with Gasteiger partial charge in [0.05, 0.1) is 16.7 Å². The molecule has 0 radical (unpaired) electrons. The van der Waals surface area contributed by atoms with E-state index in [2.05, 4.69) is 210 Å². The molecule has 0 unspecified atom stereocenters. The fraction of sp³-hybridized carbons (Fsp3) is 0. The second-order valence-corrected chi connectivity index (χ2v) is 15.9. The van der Waals surface area contributed by atoms with Crippen LogP contribution < -0.4 is 4.90 Å². The van der Waals surface area contributed by atoms with Gasteiger partial charge in [-0.1, -0.05) is 158 Å². The van der Waals surface area contributed by atoms with Crippen LogP contribution in [0.4, 0.5) is 17.1 Å². The molecule has 12 aromatic rings. The van der Waals surface area contributed by atoms with Crippen molar-refractivity contribution in [3.05, 3.63) is 237 Å². The van der Waals surface area contributed by atoms with Crippen molar-refractivity contribution in [3.63, 3.8) is 0 Å². The zero-order valence-corrected chi connectivity index (χ0v) is 34.3. The third-order valence-electron chi connectivity index (χ3n) is 12.2. The average molecular weight is 806 g/mol. The topological polar surface area (TPSA) is 34.2 Å². The number of hydrogen-bond acceptors (Lipinski definition) is 3. The van der Waals surface area contributed by atoms with E-state index in [-0.39, 0.29) is 0 Å². The van der Waals surface area contributed by atoms with Gasteiger partial charge in [0.15, 0.2) is 5.58 Å². The van der Waals surface area contributed by atoms with Crippen molar-refractivity contribution in [1.82, 2.24) is 9.55 Å². The molecule has 0 N–H and O–H groups in total. The van der Waals surface area contributed by atoms with Crippen LogP contribution in [0.1, 0.15) is 0 Å². The van der Waals surface area contributed by atoms with Crippen LogP contribution in [0.3, 0.4) is 0 Å². The SMILES string of the molecule is c1ccc(-c2cccc(-c3ccc(N(c4ccc5c(c4)c4c6ccccc6ccc4n5-c4ccccc4)c4ccccc4-c4cccc5nc(-c6ccccc6)oc45)cc3)c2)cc1. The van der Waals surface area contributed by atoms with Crippen molar-refractivity contribution < 1.29 is 4.42 Å². The van der Waals surface area contributed by atoms with E-state index in [4.69, 9.17) is 9.40 Å². The summed E-state index contributed by atoms with van der Waals surface area (Å²) in [5.74, 6) is 0.604. The van der Waals surface area contributed by atoms with Crippen molar-refractivity contribution in [2.24, 2.45) is 0 Å². The molecule has 296 valence electrons. The summed E-state index contributed by atoms with van der Waals surface area (Å²) < 4.78 is 9.05. The Morgan fingerprint density at radius 3 is 1.79 bits per heavy atom. The molecule has 0 fully saturated rings. The maximum absolute atomic E-state index is 6.65. The van der Waals surface area contributed by atoms with E-state index in [0.717, 1.165) is 61.6 Å². The Labute approximate surface area is 365 Å². The summed E-state index contributed by atoms with van der Waals surface area (Å²) in [5, 5.41) is 4.86. The standard InChI is InChI=1S/C59H39N3O/c1-4-16-40(17-5-1)44-21-14-22-45(38-44)41-30-33-47(34-31-41)61(54-29-13-12-26-50(54)51-27-15-28-53-58(51)63-59(60-53)43-19-6-2-7-20-43)48-35-37-55-52(39-48)57-49-25-11-10-18-42(49)32-36-56(57)62(55)46-23-8-3-9-24-46/h1-39H. The summed E-state index contributed by atoms with van der Waals surface area (Å²) in [7, 11) is 0. The molecule has 10 aromatic carbocycles. The number of rotatable bonds is 8. The Bertz CT molecular complexity index is 3610. The van der Waals surface area contributed by atoms with E-state index in [1.165, 1.54) is 43.8 Å². The first-order chi connectivity index (χ1) is 31.2. The number of fused-ring (bicyclic) bond motifs is 6. The highest BCUT2D eigenvalue weighted by Gasteiger charge is 2.23. The number of anilines is 3. The highest BCUT2D eigenvalue weighted by Crippen LogP contribution is 2.46. The molecule has 0 spiro atoms. The van der Waals surface area contributed by atoms with Crippen LogP contribution in [0.5, 0.6) is 0 Å². The van der Waals surface area contributed by atoms with Crippen LogP contribution in [0.2, 0.25) is 0 Å². The molecule has 12 rings (SSSR count). The van der Waals surface area contributed by atoms with Crippen LogP contribution in [-0.4, -0.2) is 9.55 Å². The van der Waals surface area contributed by atoms with Gasteiger partial charge < -0.3 is 13.9 Å². The molecule has 63 heavy (non-hydrogen) atoms. The first-order valence-corrected chi connectivity index (χ1v) is 21.4. The lowest BCUT2D eigenvalue weighted by atomic mass is 9.98. The van der Waals surface area contributed by atoms with Gasteiger partial charge in [-0.3, -0.25) is 0 Å². The predicted octanol–water partition coefficient (Wildman–Crippen LogP) is 16.2. The molecule has 0 aliphatic rings. The molecule has 0 amide bonds. The van der Waals surface area contributed by atoms with Gasteiger partial charge in [0.25, 0.3) is 0 Å². The Morgan fingerprint density at radius 1 is 0.397 bits per heavy atom. The van der Waals surface area contributed by atoms with Crippen molar-refractivity contribution in [2.75, 3.05) is 4.90 Å². The first kappa shape index (κ1) is 36.4. The average Bonchev–Trinajstić information content (AvgIpc) is 3.95. The number of nitrogens with zero attached hydrogens (tertiary/aromatic N) is 3. The molecule has 0 atom stereocenters. The maximum Gasteiger partial charge on any atom is 0.227 e. The summed E-state index contributed by atoms with van der Waals surface area (Å²) in [6, 6.07) is 84.2. The van der Waals surface area contributed by atoms with Crippen LogP contribution >= 0.6 is 0 Å². The summed E-state index contributed by atoms with van der Waals surface area (Å²) >= 11 is 0. The fourth-order valence-corrected chi connectivity index (χ4v) is 9.27. The Hall–Kier alpha value is -8.47. The van der Waals surface area contributed by atoms with E-state index in [1.54, 1.807) is 0 Å². The van der Waals surface area contributed by atoms with Gasteiger partial charge >= 0.3 is 0 Å². The third kappa shape index (κ3) is 6.36. The normalized spacial score (nSPS) is 11.5. The van der Waals surface area contributed by atoms with E-state index < -0.39 is 0 Å². The molecule has 0 saturated heterocycles. The van der Waals surface area contributed by atoms with Crippen LogP contribution in [0, 0.1) is 0 Å². The van der Waals surface area contributed by atoms with E-state index in [1.807, 2.05) is 36.4 Å². The van der Waals surface area contributed by atoms with E-state index in [0.29, 0.717) is 5.89 Å². The smallest absolute Gasteiger partial charge is 0.227 e. The van der Waals surface area contributed by atoms with Crippen LogP contribution in [0.25, 0.3) is 94.2 Å². The predicted molar refractivity (Wildman–Crippen MR) is 262 cm³/mol. The molecular formula is C59H39N3O. The van der Waals surface area contributed by atoms with E-state index in [9.17, 15) is 0 Å². The first-order valence-electron chi connectivity index (χ1n) is 21.4. The highest BCUT2D eigenvalue weighted by atomic mass is 16.3. The Kier molecular flexibility index (Phi) is 8.79. The van der Waals surface area contributed by atoms with Gasteiger partial charge in [-0.05, 0) is 112 Å². The summed E-state index contributed by atoms with van der Waals surface area (Å²) in [6.45, 7) is 0. The lowest BCUT2D eigenvalue weighted by Gasteiger charge is -2.28. The van der Waals surface area contributed by atoms with Crippen LogP contribution in [-0.2, 0) is 0 Å². The molecule has 0 aliphatic heterocycles. The van der Waals surface area contributed by atoms with Crippen molar-refractivity contribution >= 4 is 60.7 Å². The minimum Gasteiger partial charge on any atom is -0.435 e. The molecule has 4 nitrogen and oxygen atoms in total. The molecule has 0 aliphatic carbocycles. The number of para-hydroxylation sites is 3. The van der Waals surface area contributed by atoms with E-state index >= 15 is 0 Å². The van der Waals surface area contributed by atoms with Gasteiger partial charge in [0.1, 0.15) is 5.52 Å². The molecule has 0 saturated carbocycles. The molecule has 0 bridgehead atoms. The quantitative estimate of drug-likeness (QED) is 0.153. The van der Waals surface area contributed by atoms with Gasteiger partial charge in [-0.25, -0.2) is 4.98 Å². The van der Waals surface area contributed by atoms with Gasteiger partial charge in [-0.2, -0.15) is 0 Å². The van der Waals surface area contributed by atoms with Crippen molar-refractivity contribution in [1.29, 1.82) is 0 Å². The molecule has 2 heterocycles. The zero-order chi connectivity index (χ0) is 41.7. The minimum atomic E-state index is 0.604. The number of aromatic nitrogens is 2. The highest BCUT2D eigenvalue weighted by molar-refractivity contribution is 6.22. The largest absolute Gasteiger partial charge is 0.435 e. The van der Waals surface area contributed by atoms with Gasteiger partial charge in [0, 0.05) is 44.5 Å². The molecule has 4 heteroatoms. The maximum atomic E-state index is 6.65. The number of hydrogen-bond donors (Lipinski definition) is 0. The summed E-state index contributed by atoms with van der Waals surface area (Å²) in [6.07, 6.45) is 0. The lowest BCUT2D eigenvalue weighted by molar-refractivity contribution is 0.621. The molecule has 2 aromatic heterocycles. The van der Waals surface area contributed by atoms with Crippen molar-refractivity contribution in [2.45, 2.75) is 0 Å². The zero-order valence-electron chi connectivity index (χ0n) is 34.3. The molecular weight excluding hydrogens is 767 g/mol. The summed E-state index contributed by atoms with van der Waals surface area (Å²) in [5.41, 5.74) is 15.8. The van der Waals surface area contributed by atoms with Gasteiger partial charge in [0.2, 0.25) is 5.89 Å². The fourth-order valence-electron chi connectivity index (χ4n) is 9.27. The second kappa shape index (κ2) is 15.2. The summed E-state index contributed by atoms with van der Waals surface area (Å²) in [4.78, 5) is 7.35. The Balaban J connectivity index is 1.07.